The highest BCUT2D eigenvalue weighted by Crippen LogP contribution is 2.15. The molecular weight excluding hydrogens is 204 g/mol. The van der Waals surface area contributed by atoms with Gasteiger partial charge in [-0.2, -0.15) is 0 Å². The van der Waals surface area contributed by atoms with Crippen molar-refractivity contribution in [2.45, 2.75) is 19.4 Å². The van der Waals surface area contributed by atoms with E-state index in [9.17, 15) is 5.11 Å². The number of hydrogen-bond acceptors (Lipinski definition) is 4. The highest BCUT2D eigenvalue weighted by atomic mass is 16.3. The number of likely N-dealkylation sites (N-methyl/N-ethyl adjacent to an activating group) is 1. The third kappa shape index (κ3) is 3.51. The zero-order valence-electron chi connectivity index (χ0n) is 9.86. The minimum absolute atomic E-state index is 0.0569. The van der Waals surface area contributed by atoms with E-state index in [1.165, 1.54) is 0 Å². The minimum atomic E-state index is -0.769. The second-order valence-electron chi connectivity index (χ2n) is 4.48. The number of hydrogen-bond donors (Lipinski definition) is 3. The maximum atomic E-state index is 9.70. The van der Waals surface area contributed by atoms with Crippen molar-refractivity contribution in [1.82, 2.24) is 4.98 Å². The van der Waals surface area contributed by atoms with Gasteiger partial charge in [0.1, 0.15) is 11.5 Å². The van der Waals surface area contributed by atoms with E-state index in [0.717, 1.165) is 5.69 Å². The van der Waals surface area contributed by atoms with Crippen molar-refractivity contribution in [2.24, 2.45) is 5.73 Å². The smallest absolute Gasteiger partial charge is 0.141 e. The molecule has 0 unspecified atom stereocenters. The van der Waals surface area contributed by atoms with Crippen LogP contribution in [0.15, 0.2) is 18.3 Å². The summed E-state index contributed by atoms with van der Waals surface area (Å²) in [5, 5.41) is 17.0. The first-order valence-electron chi connectivity index (χ1n) is 5.03. The number of nitrogens with zero attached hydrogens (tertiary/aromatic N) is 2. The van der Waals surface area contributed by atoms with Gasteiger partial charge in [-0.25, -0.2) is 0 Å². The molecular formula is C11H18N4O. The summed E-state index contributed by atoms with van der Waals surface area (Å²) in [5.41, 5.74) is 5.92. The molecule has 0 fully saturated rings. The lowest BCUT2D eigenvalue weighted by molar-refractivity contribution is 0.0886. The Hall–Kier alpha value is -1.62. The van der Waals surface area contributed by atoms with Gasteiger partial charge in [-0.3, -0.25) is 10.4 Å². The third-order valence-corrected chi connectivity index (χ3v) is 2.08. The molecule has 1 aromatic heterocycles. The van der Waals surface area contributed by atoms with Gasteiger partial charge in [-0.05, 0) is 26.0 Å². The Labute approximate surface area is 95.4 Å². The summed E-state index contributed by atoms with van der Waals surface area (Å²) in [5.74, 6) is -0.0569. The molecule has 0 radical (unpaired) electrons. The maximum Gasteiger partial charge on any atom is 0.141 e. The number of nitrogen functional groups attached to an aromatic ring is 1. The van der Waals surface area contributed by atoms with Crippen LogP contribution in [0.2, 0.25) is 0 Å². The summed E-state index contributed by atoms with van der Waals surface area (Å²) in [6.07, 6.45) is 1.60. The Bertz CT molecular complexity index is 384. The molecule has 88 valence electrons. The molecule has 0 aromatic carbocycles. The van der Waals surface area contributed by atoms with E-state index >= 15 is 0 Å². The van der Waals surface area contributed by atoms with Crippen LogP contribution in [-0.2, 0) is 0 Å². The lowest BCUT2D eigenvalue weighted by Crippen LogP contribution is -2.36. The lowest BCUT2D eigenvalue weighted by atomic mass is 10.1. The summed E-state index contributed by atoms with van der Waals surface area (Å²) >= 11 is 0. The lowest BCUT2D eigenvalue weighted by Gasteiger charge is -2.27. The number of aliphatic hydroxyl groups is 1. The Balaban J connectivity index is 2.87. The van der Waals surface area contributed by atoms with E-state index < -0.39 is 5.60 Å². The van der Waals surface area contributed by atoms with Crippen LogP contribution in [0.25, 0.3) is 0 Å². The van der Waals surface area contributed by atoms with Crippen molar-refractivity contribution in [3.8, 4) is 0 Å². The molecule has 16 heavy (non-hydrogen) atoms. The van der Waals surface area contributed by atoms with Gasteiger partial charge >= 0.3 is 0 Å². The summed E-state index contributed by atoms with van der Waals surface area (Å²) in [6, 6.07) is 3.55. The van der Waals surface area contributed by atoms with Gasteiger partial charge in [0.05, 0.1) is 5.60 Å². The Morgan fingerprint density at radius 1 is 1.62 bits per heavy atom. The van der Waals surface area contributed by atoms with E-state index in [1.54, 1.807) is 26.1 Å². The fourth-order valence-electron chi connectivity index (χ4n) is 1.48. The molecule has 0 saturated heterocycles. The highest BCUT2D eigenvalue weighted by Gasteiger charge is 2.16. The van der Waals surface area contributed by atoms with E-state index in [-0.39, 0.29) is 5.84 Å². The standard InChI is InChI=1S/C11H18N4O/c1-11(2,16)7-15(3)8-4-5-14-9(6-8)10(12)13/h4-6,16H,7H2,1-3H3,(H3,12,13). The molecule has 4 N–H and O–H groups in total. The fourth-order valence-corrected chi connectivity index (χ4v) is 1.48. The molecule has 5 heteroatoms. The van der Waals surface area contributed by atoms with Crippen LogP contribution in [0, 0.1) is 5.41 Å². The van der Waals surface area contributed by atoms with Gasteiger partial charge in [0.15, 0.2) is 0 Å². The average Bonchev–Trinajstić information content (AvgIpc) is 2.15. The Kier molecular flexibility index (Phi) is 3.49. The SMILES string of the molecule is CN(CC(C)(C)O)c1ccnc(C(=N)N)c1. The minimum Gasteiger partial charge on any atom is -0.389 e. The van der Waals surface area contributed by atoms with Crippen LogP contribution in [0.3, 0.4) is 0 Å². The number of anilines is 1. The zero-order chi connectivity index (χ0) is 12.3. The van der Waals surface area contributed by atoms with Crippen molar-refractivity contribution >= 4 is 11.5 Å². The predicted molar refractivity (Wildman–Crippen MR) is 64.8 cm³/mol. The van der Waals surface area contributed by atoms with Crippen LogP contribution in [0.4, 0.5) is 5.69 Å². The van der Waals surface area contributed by atoms with Crippen molar-refractivity contribution < 1.29 is 5.11 Å². The van der Waals surface area contributed by atoms with Crippen molar-refractivity contribution in [3.05, 3.63) is 24.0 Å². The van der Waals surface area contributed by atoms with Gasteiger partial charge < -0.3 is 15.7 Å². The van der Waals surface area contributed by atoms with Gasteiger partial charge in [0, 0.05) is 25.5 Å². The largest absolute Gasteiger partial charge is 0.389 e. The molecule has 0 amide bonds. The first kappa shape index (κ1) is 12.4. The summed E-state index contributed by atoms with van der Waals surface area (Å²) in [7, 11) is 1.87. The monoisotopic (exact) mass is 222 g/mol. The quantitative estimate of drug-likeness (QED) is 0.513. The fraction of sp³-hybridized carbons (Fsp3) is 0.455. The zero-order valence-corrected chi connectivity index (χ0v) is 9.86. The number of aromatic nitrogens is 1. The molecule has 0 saturated carbocycles. The molecule has 1 rings (SSSR count). The van der Waals surface area contributed by atoms with Crippen LogP contribution >= 0.6 is 0 Å². The Morgan fingerprint density at radius 2 is 2.25 bits per heavy atom. The summed E-state index contributed by atoms with van der Waals surface area (Å²) in [6.45, 7) is 3.99. The molecule has 0 atom stereocenters. The molecule has 5 nitrogen and oxygen atoms in total. The second-order valence-corrected chi connectivity index (χ2v) is 4.48. The Morgan fingerprint density at radius 3 is 2.75 bits per heavy atom. The van der Waals surface area contributed by atoms with Gasteiger partial charge in [-0.1, -0.05) is 0 Å². The van der Waals surface area contributed by atoms with Crippen LogP contribution in [-0.4, -0.2) is 35.1 Å². The molecule has 1 aromatic rings. The molecule has 0 aliphatic heterocycles. The summed E-state index contributed by atoms with van der Waals surface area (Å²) in [4.78, 5) is 5.88. The van der Waals surface area contributed by atoms with Gasteiger partial charge in [0.25, 0.3) is 0 Å². The van der Waals surface area contributed by atoms with Crippen molar-refractivity contribution in [1.29, 1.82) is 5.41 Å². The van der Waals surface area contributed by atoms with E-state index in [1.807, 2.05) is 18.0 Å². The van der Waals surface area contributed by atoms with Crippen LogP contribution in [0.5, 0.6) is 0 Å². The predicted octanol–water partition coefficient (Wildman–Crippen LogP) is 0.573. The normalized spacial score (nSPS) is 11.2. The number of nitrogens with two attached hydrogens (primary N) is 1. The van der Waals surface area contributed by atoms with E-state index in [4.69, 9.17) is 11.1 Å². The van der Waals surface area contributed by atoms with Gasteiger partial charge in [-0.15, -0.1) is 0 Å². The first-order chi connectivity index (χ1) is 7.29. The second kappa shape index (κ2) is 4.49. The topological polar surface area (TPSA) is 86.2 Å². The number of nitrogens with one attached hydrogen (secondary N) is 1. The molecule has 0 aliphatic rings. The van der Waals surface area contributed by atoms with Crippen molar-refractivity contribution in [2.75, 3.05) is 18.5 Å². The van der Waals surface area contributed by atoms with E-state index in [0.29, 0.717) is 12.2 Å². The molecule has 0 aliphatic carbocycles. The number of pyridine rings is 1. The number of rotatable bonds is 4. The van der Waals surface area contributed by atoms with Gasteiger partial charge in [0.2, 0.25) is 0 Å². The van der Waals surface area contributed by atoms with Crippen LogP contribution in [0.1, 0.15) is 19.5 Å². The summed E-state index contributed by atoms with van der Waals surface area (Å²) < 4.78 is 0. The number of amidine groups is 1. The molecule has 0 bridgehead atoms. The van der Waals surface area contributed by atoms with Crippen molar-refractivity contribution in [3.63, 3.8) is 0 Å². The molecule has 1 heterocycles. The van der Waals surface area contributed by atoms with Crippen LogP contribution < -0.4 is 10.6 Å². The molecule has 0 spiro atoms. The third-order valence-electron chi connectivity index (χ3n) is 2.08. The van der Waals surface area contributed by atoms with E-state index in [2.05, 4.69) is 4.98 Å². The first-order valence-corrected chi connectivity index (χ1v) is 5.03. The maximum absolute atomic E-state index is 9.70. The highest BCUT2D eigenvalue weighted by molar-refractivity contribution is 5.93. The average molecular weight is 222 g/mol.